The molecule has 5 aromatic rings. The quantitative estimate of drug-likeness (QED) is 0.177. The van der Waals surface area contributed by atoms with Crippen LogP contribution < -0.4 is 21.2 Å². The van der Waals surface area contributed by atoms with Gasteiger partial charge in [-0.15, -0.1) is 0 Å². The highest BCUT2D eigenvalue weighted by Crippen LogP contribution is 2.57. The van der Waals surface area contributed by atoms with E-state index in [4.69, 9.17) is 0 Å². The average molecular weight is 483 g/mol. The van der Waals surface area contributed by atoms with Crippen LogP contribution >= 0.6 is 7.26 Å². The minimum atomic E-state index is -2.14. The molecule has 5 aromatic carbocycles. The zero-order valence-electron chi connectivity index (χ0n) is 20.1. The zero-order chi connectivity index (χ0) is 24.5. The van der Waals surface area contributed by atoms with Gasteiger partial charge in [-0.05, 0) is 60.2 Å². The Morgan fingerprint density at radius 2 is 0.861 bits per heavy atom. The maximum absolute atomic E-state index is 3.72. The molecule has 0 amide bonds. The van der Waals surface area contributed by atoms with Crippen molar-refractivity contribution >= 4 is 34.9 Å². The Bertz CT molecular complexity index is 1320. The van der Waals surface area contributed by atoms with Gasteiger partial charge in [0.05, 0.1) is 11.5 Å². The Morgan fingerprint density at radius 3 is 1.31 bits per heavy atom. The topological polar surface area (TPSA) is 12.0 Å². The summed E-state index contributed by atoms with van der Waals surface area (Å²) in [5.74, 6) is 2.47. The normalized spacial score (nSPS) is 11.9. The fourth-order valence-corrected chi connectivity index (χ4v) is 8.26. The van der Waals surface area contributed by atoms with E-state index in [1.807, 2.05) is 12.1 Å². The second-order valence-electron chi connectivity index (χ2n) is 8.55. The summed E-state index contributed by atoms with van der Waals surface area (Å²) in [6.45, 7) is 0. The monoisotopic (exact) mass is 482 g/mol. The molecule has 0 heterocycles. The second kappa shape index (κ2) is 11.5. The fraction of sp³-hybridized carbons (Fsp3) is 0. The molecule has 0 aliphatic heterocycles. The van der Waals surface area contributed by atoms with Crippen molar-refractivity contribution in [2.75, 3.05) is 5.32 Å². The third-order valence-electron chi connectivity index (χ3n) is 6.14. The standard InChI is InChI=1S/C34H29NP/c1-6-16-29(17-7-1)26-27-31(35-30-18-8-2-9-19-30)28-36(32-20-10-3-11-21-32,33-22-12-4-13-23-33)34-24-14-5-15-25-34/h1-28,35H/q+1/b27-26+,31-28-. The largest absolute Gasteiger partial charge is 0.353 e. The van der Waals surface area contributed by atoms with Crippen LogP contribution in [0.2, 0.25) is 0 Å². The molecule has 0 saturated carbocycles. The van der Waals surface area contributed by atoms with Crippen LogP contribution in [0.1, 0.15) is 5.56 Å². The number of hydrogen-bond donors (Lipinski definition) is 1. The lowest BCUT2D eigenvalue weighted by molar-refractivity contribution is 1.49. The van der Waals surface area contributed by atoms with E-state index in [0.717, 1.165) is 11.4 Å². The molecule has 2 heteroatoms. The van der Waals surface area contributed by atoms with Gasteiger partial charge in [0, 0.05) is 5.69 Å². The van der Waals surface area contributed by atoms with Gasteiger partial charge in [0.2, 0.25) is 0 Å². The van der Waals surface area contributed by atoms with Gasteiger partial charge in [-0.2, -0.15) is 0 Å². The lowest BCUT2D eigenvalue weighted by Crippen LogP contribution is -2.30. The summed E-state index contributed by atoms with van der Waals surface area (Å²) >= 11 is 0. The first-order valence-electron chi connectivity index (χ1n) is 12.2. The SMILES string of the molecule is C(=C(\C=C\c1ccccc1)Nc1ccccc1)/[P+](c1ccccc1)(c1ccccc1)c1ccccc1. The number of rotatable bonds is 8. The lowest BCUT2D eigenvalue weighted by Gasteiger charge is -2.25. The van der Waals surface area contributed by atoms with Crippen molar-refractivity contribution < 1.29 is 0 Å². The maximum Gasteiger partial charge on any atom is 0.139 e. The Hall–Kier alpha value is -4.19. The summed E-state index contributed by atoms with van der Waals surface area (Å²) in [6.07, 6.45) is 4.38. The maximum atomic E-state index is 3.72. The van der Waals surface area contributed by atoms with E-state index in [2.05, 4.69) is 163 Å². The molecular weight excluding hydrogens is 453 g/mol. The number of allylic oxidation sites excluding steroid dienone is 1. The number of para-hydroxylation sites is 1. The van der Waals surface area contributed by atoms with Crippen LogP contribution in [0.3, 0.4) is 0 Å². The summed E-state index contributed by atoms with van der Waals surface area (Å²) in [4.78, 5) is 0. The van der Waals surface area contributed by atoms with Crippen molar-refractivity contribution in [2.45, 2.75) is 0 Å². The number of anilines is 1. The van der Waals surface area contributed by atoms with Gasteiger partial charge in [-0.25, -0.2) is 0 Å². The molecule has 0 aromatic heterocycles. The van der Waals surface area contributed by atoms with Crippen molar-refractivity contribution in [2.24, 2.45) is 0 Å². The predicted octanol–water partition coefficient (Wildman–Crippen LogP) is 7.65. The van der Waals surface area contributed by atoms with Gasteiger partial charge in [0.1, 0.15) is 23.2 Å². The van der Waals surface area contributed by atoms with E-state index in [0.29, 0.717) is 0 Å². The molecule has 1 nitrogen and oxygen atoms in total. The van der Waals surface area contributed by atoms with E-state index in [1.54, 1.807) is 0 Å². The smallest absolute Gasteiger partial charge is 0.139 e. The predicted molar refractivity (Wildman–Crippen MR) is 159 cm³/mol. The van der Waals surface area contributed by atoms with Crippen molar-refractivity contribution in [1.29, 1.82) is 0 Å². The molecule has 0 saturated heterocycles. The highest BCUT2D eigenvalue weighted by atomic mass is 31.2. The van der Waals surface area contributed by atoms with E-state index in [1.165, 1.54) is 21.5 Å². The summed E-state index contributed by atoms with van der Waals surface area (Å²) in [5.41, 5.74) is 3.30. The van der Waals surface area contributed by atoms with Gasteiger partial charge >= 0.3 is 0 Å². The van der Waals surface area contributed by atoms with Crippen LogP contribution in [0.5, 0.6) is 0 Å². The minimum absolute atomic E-state index is 1.06. The van der Waals surface area contributed by atoms with Crippen LogP contribution in [0.25, 0.3) is 6.08 Å². The average Bonchev–Trinajstić information content (AvgIpc) is 2.97. The molecule has 5 rings (SSSR count). The highest BCUT2D eigenvalue weighted by molar-refractivity contribution is 7.98. The summed E-state index contributed by atoms with van der Waals surface area (Å²) < 4.78 is 0. The third-order valence-corrected chi connectivity index (χ3v) is 10.1. The van der Waals surface area contributed by atoms with Crippen LogP contribution in [-0.4, -0.2) is 0 Å². The molecule has 1 N–H and O–H groups in total. The number of benzene rings is 5. The first kappa shape index (κ1) is 23.5. The first-order valence-corrected chi connectivity index (χ1v) is 14.0. The van der Waals surface area contributed by atoms with Gasteiger partial charge in [0.25, 0.3) is 0 Å². The molecule has 0 aliphatic carbocycles. The molecule has 0 fully saturated rings. The van der Waals surface area contributed by atoms with Gasteiger partial charge < -0.3 is 5.32 Å². The molecule has 0 bridgehead atoms. The van der Waals surface area contributed by atoms with Crippen molar-refractivity contribution in [3.8, 4) is 0 Å². The van der Waals surface area contributed by atoms with Gasteiger partial charge in [0.15, 0.2) is 0 Å². The molecule has 174 valence electrons. The van der Waals surface area contributed by atoms with Crippen molar-refractivity contribution in [3.63, 3.8) is 0 Å². The van der Waals surface area contributed by atoms with Crippen LogP contribution in [-0.2, 0) is 0 Å². The number of hydrogen-bond acceptors (Lipinski definition) is 1. The first-order chi connectivity index (χ1) is 17.8. The van der Waals surface area contributed by atoms with Gasteiger partial charge in [-0.3, -0.25) is 0 Å². The second-order valence-corrected chi connectivity index (χ2v) is 11.8. The van der Waals surface area contributed by atoms with E-state index in [-0.39, 0.29) is 0 Å². The molecule has 0 unspecified atom stereocenters. The summed E-state index contributed by atoms with van der Waals surface area (Å²) in [6, 6.07) is 53.6. The van der Waals surface area contributed by atoms with Crippen LogP contribution in [0, 0.1) is 0 Å². The molecular formula is C34H29NP+. The van der Waals surface area contributed by atoms with Crippen molar-refractivity contribution in [3.05, 3.63) is 175 Å². The molecule has 0 aliphatic rings. The van der Waals surface area contributed by atoms with Crippen LogP contribution in [0.15, 0.2) is 169 Å². The summed E-state index contributed by atoms with van der Waals surface area (Å²) in [7, 11) is -2.14. The minimum Gasteiger partial charge on any atom is -0.353 e. The van der Waals surface area contributed by atoms with Crippen molar-refractivity contribution in [1.82, 2.24) is 0 Å². The Labute approximate surface area is 214 Å². The lowest BCUT2D eigenvalue weighted by atomic mass is 10.2. The molecule has 0 atom stereocenters. The Balaban J connectivity index is 1.76. The van der Waals surface area contributed by atoms with E-state index < -0.39 is 7.26 Å². The molecule has 0 radical (unpaired) electrons. The zero-order valence-corrected chi connectivity index (χ0v) is 21.0. The number of nitrogens with one attached hydrogen (secondary N) is 1. The fourth-order valence-electron chi connectivity index (χ4n) is 4.42. The Kier molecular flexibility index (Phi) is 7.52. The third kappa shape index (κ3) is 5.38. The van der Waals surface area contributed by atoms with Crippen LogP contribution in [0.4, 0.5) is 5.69 Å². The molecule has 36 heavy (non-hydrogen) atoms. The summed E-state index contributed by atoms with van der Waals surface area (Å²) in [5, 5.41) is 7.68. The van der Waals surface area contributed by atoms with Gasteiger partial charge in [-0.1, -0.05) is 109 Å². The molecule has 0 spiro atoms. The van der Waals surface area contributed by atoms with E-state index >= 15 is 0 Å². The Morgan fingerprint density at radius 1 is 0.472 bits per heavy atom. The highest BCUT2D eigenvalue weighted by Gasteiger charge is 2.44. The van der Waals surface area contributed by atoms with E-state index in [9.17, 15) is 0 Å².